The third kappa shape index (κ3) is 14.1. The highest BCUT2D eigenvalue weighted by molar-refractivity contribution is 7.89. The van der Waals surface area contributed by atoms with Gasteiger partial charge in [-0.05, 0) is 165 Å². The van der Waals surface area contributed by atoms with Crippen molar-refractivity contribution >= 4 is 31.9 Å². The van der Waals surface area contributed by atoms with Gasteiger partial charge in [0.2, 0.25) is 31.8 Å². The number of nitrogens with zero attached hydrogens (tertiary/aromatic N) is 11. The van der Waals surface area contributed by atoms with Crippen LogP contribution in [0.25, 0.3) is 0 Å². The lowest BCUT2D eigenvalue weighted by Crippen LogP contribution is -2.49. The number of rotatable bonds is 19. The molecule has 0 saturated carbocycles. The predicted octanol–water partition coefficient (Wildman–Crippen LogP) is 4.08. The standard InChI is InChI=1S/C25H37N5O5S.C23H36N6O5S/c1-18-15-21(34-4)16-19(2)23(18)36(32,33)28(3)17-22-26-27-24(35-22)25(31)30-13-8-20(9-14-30)7-12-29-10-5-6-11-29;1-17-14-19(33-6)15-18(2)21(17)35(31,32)27(5)16-20-24-25-22(34-20)23(30)29-12-10-28(11-13-29)9-7-8-26(3)4/h15-16,20H,5-14,17H2,1-4H3;14-15H,7-13,16H2,1-6H3. The maximum Gasteiger partial charge on any atom is 0.311 e. The van der Waals surface area contributed by atoms with Crippen molar-refractivity contribution < 1.29 is 44.7 Å². The number of amides is 2. The van der Waals surface area contributed by atoms with Gasteiger partial charge in [0, 0.05) is 53.4 Å². The van der Waals surface area contributed by atoms with E-state index >= 15 is 0 Å². The summed E-state index contributed by atoms with van der Waals surface area (Å²) in [7, 11) is 2.45. The quantitative estimate of drug-likeness (QED) is 0.129. The second-order valence-corrected chi connectivity index (χ2v) is 23.0. The van der Waals surface area contributed by atoms with Gasteiger partial charge >= 0.3 is 23.6 Å². The number of carbonyl (C=O) groups is 2. The Hall–Kier alpha value is -5.04. The van der Waals surface area contributed by atoms with Gasteiger partial charge in [-0.3, -0.25) is 14.5 Å². The highest BCUT2D eigenvalue weighted by Crippen LogP contribution is 2.30. The molecule has 3 aliphatic heterocycles. The van der Waals surface area contributed by atoms with Crippen LogP contribution in [0.2, 0.25) is 0 Å². The van der Waals surface area contributed by atoms with E-state index in [0.717, 1.165) is 60.6 Å². The number of benzene rings is 2. The number of hydrogen-bond donors (Lipinski definition) is 0. The van der Waals surface area contributed by atoms with Gasteiger partial charge in [0.1, 0.15) is 11.5 Å². The van der Waals surface area contributed by atoms with Crippen LogP contribution in [0, 0.1) is 33.6 Å². The number of aryl methyl sites for hydroxylation is 4. The maximum atomic E-state index is 13.3. The Morgan fingerprint density at radius 3 is 1.42 bits per heavy atom. The fraction of sp³-hybridized carbons (Fsp3) is 0.625. The molecule has 392 valence electrons. The number of hydrogen-bond acceptors (Lipinski definition) is 17. The van der Waals surface area contributed by atoms with Crippen molar-refractivity contribution in [1.82, 2.24) is 53.5 Å². The van der Waals surface area contributed by atoms with Crippen molar-refractivity contribution in [3.8, 4) is 11.5 Å². The molecular formula is C48H73N11O10S2. The summed E-state index contributed by atoms with van der Waals surface area (Å²) in [6.07, 6.45) is 6.83. The monoisotopic (exact) mass is 1030 g/mol. The molecule has 71 heavy (non-hydrogen) atoms. The predicted molar refractivity (Wildman–Crippen MR) is 265 cm³/mol. The zero-order valence-corrected chi connectivity index (χ0v) is 44.8. The average molecular weight is 1030 g/mol. The Kier molecular flexibility index (Phi) is 19.1. The number of ether oxygens (including phenoxy) is 2. The number of carbonyl (C=O) groups excluding carboxylic acids is 2. The molecular weight excluding hydrogens is 955 g/mol. The summed E-state index contributed by atoms with van der Waals surface area (Å²) in [6.45, 7) is 16.3. The lowest BCUT2D eigenvalue weighted by Gasteiger charge is -2.34. The normalized spacial score (nSPS) is 16.5. The second-order valence-electron chi connectivity index (χ2n) is 19.1. The minimum absolute atomic E-state index is 0.0607. The van der Waals surface area contributed by atoms with Crippen LogP contribution in [-0.4, -0.2) is 197 Å². The molecule has 0 spiro atoms. The number of methoxy groups -OCH3 is 2. The van der Waals surface area contributed by atoms with E-state index in [1.54, 1.807) is 68.9 Å². The first kappa shape index (κ1) is 55.3. The Balaban J connectivity index is 0.000000233. The fourth-order valence-electron chi connectivity index (χ4n) is 9.39. The van der Waals surface area contributed by atoms with E-state index in [-0.39, 0.29) is 58.3 Å². The van der Waals surface area contributed by atoms with Crippen LogP contribution >= 0.6 is 0 Å². The topological polar surface area (TPSA) is 221 Å². The Morgan fingerprint density at radius 2 is 1.01 bits per heavy atom. The molecule has 2 aromatic carbocycles. The van der Waals surface area contributed by atoms with Crippen LogP contribution in [-0.2, 0) is 33.1 Å². The molecule has 5 heterocycles. The van der Waals surface area contributed by atoms with Crippen LogP contribution in [0.15, 0.2) is 42.9 Å². The SMILES string of the molecule is COc1cc(C)c(S(=O)(=O)N(C)Cc2nnc(C(=O)N3CCC(CCN4CCCC4)CC3)o2)c(C)c1.COc1cc(C)c(S(=O)(=O)N(C)Cc2nnc(C(=O)N3CCN(CCCN(C)C)CC3)o2)c(C)c1. The van der Waals surface area contributed by atoms with Crippen molar-refractivity contribution in [3.05, 3.63) is 70.1 Å². The first-order chi connectivity index (χ1) is 33.7. The molecule has 3 saturated heterocycles. The van der Waals surface area contributed by atoms with Crippen LogP contribution < -0.4 is 9.47 Å². The Labute approximate surface area is 419 Å². The van der Waals surface area contributed by atoms with Crippen LogP contribution in [0.5, 0.6) is 11.5 Å². The number of sulfonamides is 2. The summed E-state index contributed by atoms with van der Waals surface area (Å²) in [4.78, 5) is 36.7. The highest BCUT2D eigenvalue weighted by Gasteiger charge is 2.32. The lowest BCUT2D eigenvalue weighted by atomic mass is 9.93. The van der Waals surface area contributed by atoms with E-state index in [2.05, 4.69) is 49.2 Å². The van der Waals surface area contributed by atoms with Gasteiger partial charge in [-0.1, -0.05) is 0 Å². The maximum absolute atomic E-state index is 13.3. The summed E-state index contributed by atoms with van der Waals surface area (Å²) >= 11 is 0. The van der Waals surface area contributed by atoms with Crippen LogP contribution in [0.3, 0.4) is 0 Å². The number of likely N-dealkylation sites (tertiary alicyclic amines) is 2. The fourth-order valence-corrected chi connectivity index (χ4v) is 12.4. The van der Waals surface area contributed by atoms with E-state index in [0.29, 0.717) is 65.8 Å². The summed E-state index contributed by atoms with van der Waals surface area (Å²) < 4.78 is 76.9. The molecule has 21 nitrogen and oxygen atoms in total. The van der Waals surface area contributed by atoms with Gasteiger partial charge in [0.05, 0.1) is 37.1 Å². The largest absolute Gasteiger partial charge is 0.497 e. The molecule has 2 aromatic heterocycles. The van der Waals surface area contributed by atoms with E-state index in [4.69, 9.17) is 18.3 Å². The molecule has 0 aliphatic carbocycles. The van der Waals surface area contributed by atoms with Crippen molar-refractivity contribution in [2.75, 3.05) is 114 Å². The summed E-state index contributed by atoms with van der Waals surface area (Å²) in [6, 6.07) is 6.73. The number of piperidine rings is 1. The molecule has 7 rings (SSSR count). The molecule has 3 aliphatic rings. The Bertz CT molecular complexity index is 2610. The average Bonchev–Trinajstić information content (AvgIpc) is 4.14. The van der Waals surface area contributed by atoms with E-state index in [1.807, 2.05) is 0 Å². The first-order valence-electron chi connectivity index (χ1n) is 24.3. The third-order valence-electron chi connectivity index (χ3n) is 13.4. The molecule has 3 fully saturated rings. The minimum atomic E-state index is -3.83. The van der Waals surface area contributed by atoms with E-state index < -0.39 is 20.0 Å². The molecule has 0 atom stereocenters. The molecule has 4 aromatic rings. The molecule has 0 radical (unpaired) electrons. The molecule has 0 unspecified atom stereocenters. The van der Waals surface area contributed by atoms with Crippen LogP contribution in [0.4, 0.5) is 0 Å². The van der Waals surface area contributed by atoms with Gasteiger partial charge in [0.15, 0.2) is 0 Å². The molecule has 2 amide bonds. The van der Waals surface area contributed by atoms with Gasteiger partial charge < -0.3 is 37.9 Å². The van der Waals surface area contributed by atoms with Gasteiger partial charge in [-0.25, -0.2) is 16.8 Å². The van der Waals surface area contributed by atoms with Gasteiger partial charge in [-0.15, -0.1) is 20.4 Å². The van der Waals surface area contributed by atoms with Crippen molar-refractivity contribution in [1.29, 1.82) is 0 Å². The summed E-state index contributed by atoms with van der Waals surface area (Å²) in [5, 5.41) is 15.7. The van der Waals surface area contributed by atoms with Gasteiger partial charge in [-0.2, -0.15) is 8.61 Å². The van der Waals surface area contributed by atoms with Crippen LogP contribution in [0.1, 0.15) is 93.9 Å². The minimum Gasteiger partial charge on any atom is -0.497 e. The number of aromatic nitrogens is 4. The summed E-state index contributed by atoms with van der Waals surface area (Å²) in [5.74, 6) is 1.13. The Morgan fingerprint density at radius 1 is 0.606 bits per heavy atom. The molecule has 0 bridgehead atoms. The third-order valence-corrected chi connectivity index (χ3v) is 17.6. The highest BCUT2D eigenvalue weighted by atomic mass is 32.2. The van der Waals surface area contributed by atoms with Gasteiger partial charge in [0.25, 0.3) is 0 Å². The second kappa shape index (κ2) is 24.6. The molecule has 23 heteroatoms. The zero-order chi connectivity index (χ0) is 51.6. The van der Waals surface area contributed by atoms with Crippen molar-refractivity contribution in [2.24, 2.45) is 5.92 Å². The first-order valence-corrected chi connectivity index (χ1v) is 27.2. The number of piperazine rings is 1. The molecule has 0 N–H and O–H groups in total. The van der Waals surface area contributed by atoms with E-state index in [1.165, 1.54) is 53.6 Å². The smallest absolute Gasteiger partial charge is 0.311 e. The van der Waals surface area contributed by atoms with Crippen molar-refractivity contribution in [3.63, 3.8) is 0 Å². The summed E-state index contributed by atoms with van der Waals surface area (Å²) in [5.41, 5.74) is 2.33. The van der Waals surface area contributed by atoms with Crippen molar-refractivity contribution in [2.45, 2.75) is 89.1 Å². The van der Waals surface area contributed by atoms with E-state index in [9.17, 15) is 26.4 Å². The lowest BCUT2D eigenvalue weighted by molar-refractivity contribution is 0.0592. The zero-order valence-electron chi connectivity index (χ0n) is 43.1.